The average molecular weight is 483 g/mol. The van der Waals surface area contributed by atoms with Gasteiger partial charge in [-0.3, -0.25) is 4.79 Å². The maximum absolute atomic E-state index is 14.5. The summed E-state index contributed by atoms with van der Waals surface area (Å²) in [6, 6.07) is 23.2. The molecule has 0 spiro atoms. The molecule has 0 aliphatic rings. The molecule has 0 fully saturated rings. The lowest BCUT2D eigenvalue weighted by Gasteiger charge is -2.05. The van der Waals surface area contributed by atoms with E-state index in [1.165, 1.54) is 17.4 Å². The summed E-state index contributed by atoms with van der Waals surface area (Å²) in [5, 5.41) is 18.3. The molecule has 0 aliphatic carbocycles. The smallest absolute Gasteiger partial charge is 0.256 e. The van der Waals surface area contributed by atoms with E-state index in [0.29, 0.717) is 32.4 Å². The fraction of sp³-hybridized carbons (Fsp3) is 0.0385. The number of hydrogen-bond acceptors (Lipinski definition) is 6. The van der Waals surface area contributed by atoms with Crippen molar-refractivity contribution in [2.75, 3.05) is 5.32 Å². The zero-order chi connectivity index (χ0) is 24.2. The van der Waals surface area contributed by atoms with Gasteiger partial charge in [0, 0.05) is 16.7 Å². The van der Waals surface area contributed by atoms with Gasteiger partial charge in [-0.05, 0) is 36.4 Å². The van der Waals surface area contributed by atoms with Crippen molar-refractivity contribution < 1.29 is 9.18 Å². The molecule has 5 aromatic rings. The van der Waals surface area contributed by atoms with E-state index < -0.39 is 0 Å². The second-order valence-corrected chi connectivity index (χ2v) is 8.70. The highest BCUT2D eigenvalue weighted by molar-refractivity contribution is 7.17. The van der Waals surface area contributed by atoms with Crippen molar-refractivity contribution >= 4 is 33.9 Å². The second-order valence-electron chi connectivity index (χ2n) is 7.70. The summed E-state index contributed by atoms with van der Waals surface area (Å²) in [6.07, 6.45) is 1.62. The molecule has 2 N–H and O–H groups in total. The van der Waals surface area contributed by atoms with Crippen LogP contribution in [0.1, 0.15) is 32.3 Å². The van der Waals surface area contributed by atoms with Gasteiger partial charge in [0.2, 0.25) is 5.82 Å². The van der Waals surface area contributed by atoms with E-state index in [0.717, 1.165) is 11.1 Å². The second kappa shape index (κ2) is 9.78. The molecule has 2 heterocycles. The highest BCUT2D eigenvalue weighted by atomic mass is 32.1. The van der Waals surface area contributed by atoms with E-state index in [4.69, 9.17) is 4.98 Å². The van der Waals surface area contributed by atoms with Gasteiger partial charge in [0.1, 0.15) is 21.5 Å². The lowest BCUT2D eigenvalue weighted by Crippen LogP contribution is -2.11. The van der Waals surface area contributed by atoms with Gasteiger partial charge in [0.05, 0.1) is 5.57 Å². The topological polar surface area (TPSA) is 96.5 Å². The molecule has 1 amide bonds. The number of halogens is 1. The molecule has 0 unspecified atom stereocenters. The summed E-state index contributed by atoms with van der Waals surface area (Å²) in [5.41, 5.74) is 3.84. The third kappa shape index (κ3) is 4.90. The Morgan fingerprint density at radius 3 is 2.46 bits per heavy atom. The number of rotatable bonds is 6. The van der Waals surface area contributed by atoms with Crippen LogP contribution in [0, 0.1) is 12.7 Å². The Balaban J connectivity index is 1.62. The molecule has 0 saturated carbocycles. The third-order valence-electron chi connectivity index (χ3n) is 5.24. The molecular formula is C26H19FN6OS. The minimum atomic E-state index is -0.388. The van der Waals surface area contributed by atoms with Crippen LogP contribution in [-0.2, 0) is 0 Å². The molecule has 9 heteroatoms. The van der Waals surface area contributed by atoms with Crippen LogP contribution in [0.5, 0.6) is 0 Å². The molecular weight excluding hydrogens is 463 g/mol. The SMILES string of the molecule is Cc1ccc(C(=O)Nc2sc(C(=Cc3ccccc3F)c3nn[nH]n3)nc2-c2ccccc2)cc1. The van der Waals surface area contributed by atoms with Crippen LogP contribution in [-0.4, -0.2) is 31.5 Å². The summed E-state index contributed by atoms with van der Waals surface area (Å²) < 4.78 is 14.5. The maximum atomic E-state index is 14.5. The van der Waals surface area contributed by atoms with Crippen molar-refractivity contribution in [3.63, 3.8) is 0 Å². The van der Waals surface area contributed by atoms with Crippen molar-refractivity contribution in [3.05, 3.63) is 112 Å². The van der Waals surface area contributed by atoms with Gasteiger partial charge < -0.3 is 5.32 Å². The molecule has 0 atom stereocenters. The first-order valence-corrected chi connectivity index (χ1v) is 11.5. The Hall–Kier alpha value is -4.50. The monoisotopic (exact) mass is 482 g/mol. The van der Waals surface area contributed by atoms with Crippen molar-refractivity contribution in [1.29, 1.82) is 0 Å². The van der Waals surface area contributed by atoms with Crippen LogP contribution in [0.15, 0.2) is 78.9 Å². The van der Waals surface area contributed by atoms with E-state index in [1.54, 1.807) is 36.4 Å². The van der Waals surface area contributed by atoms with Crippen LogP contribution in [0.2, 0.25) is 0 Å². The molecule has 3 aromatic carbocycles. The quantitative estimate of drug-likeness (QED) is 0.328. The number of amides is 1. The Labute approximate surface area is 204 Å². The van der Waals surface area contributed by atoms with E-state index in [-0.39, 0.29) is 17.5 Å². The van der Waals surface area contributed by atoms with E-state index in [2.05, 4.69) is 25.9 Å². The highest BCUT2D eigenvalue weighted by Crippen LogP contribution is 2.38. The lowest BCUT2D eigenvalue weighted by atomic mass is 10.1. The fourth-order valence-corrected chi connectivity index (χ4v) is 4.43. The predicted molar refractivity (Wildman–Crippen MR) is 134 cm³/mol. The van der Waals surface area contributed by atoms with Crippen LogP contribution >= 0.6 is 11.3 Å². The average Bonchev–Trinajstić information content (AvgIpc) is 3.55. The fourth-order valence-electron chi connectivity index (χ4n) is 3.44. The number of nitrogens with zero attached hydrogens (tertiary/aromatic N) is 4. The number of hydrogen-bond donors (Lipinski definition) is 2. The van der Waals surface area contributed by atoms with Crippen molar-refractivity contribution in [2.45, 2.75) is 6.92 Å². The Morgan fingerprint density at radius 1 is 1.00 bits per heavy atom. The largest absolute Gasteiger partial charge is 0.312 e. The first-order chi connectivity index (χ1) is 17.1. The molecule has 172 valence electrons. The number of thiazole rings is 1. The minimum Gasteiger partial charge on any atom is -0.312 e. The number of anilines is 1. The van der Waals surface area contributed by atoms with Gasteiger partial charge >= 0.3 is 0 Å². The van der Waals surface area contributed by atoms with E-state index >= 15 is 0 Å². The first-order valence-electron chi connectivity index (χ1n) is 10.7. The predicted octanol–water partition coefficient (Wildman–Crippen LogP) is 5.61. The van der Waals surface area contributed by atoms with Gasteiger partial charge in [-0.25, -0.2) is 9.37 Å². The normalized spacial score (nSPS) is 11.4. The summed E-state index contributed by atoms with van der Waals surface area (Å²) in [5.74, 6) is -0.379. The number of carbonyl (C=O) groups excluding carboxylic acids is 1. The Bertz CT molecular complexity index is 1490. The molecule has 0 saturated heterocycles. The van der Waals surface area contributed by atoms with Crippen molar-refractivity contribution in [3.8, 4) is 11.3 Å². The van der Waals surface area contributed by atoms with Crippen LogP contribution in [0.3, 0.4) is 0 Å². The third-order valence-corrected chi connectivity index (χ3v) is 6.24. The number of benzene rings is 3. The van der Waals surface area contributed by atoms with Gasteiger partial charge in [0.15, 0.2) is 0 Å². The lowest BCUT2D eigenvalue weighted by molar-refractivity contribution is 0.102. The Morgan fingerprint density at radius 2 is 1.74 bits per heavy atom. The minimum absolute atomic E-state index is 0.253. The van der Waals surface area contributed by atoms with Gasteiger partial charge in [-0.2, -0.15) is 5.21 Å². The van der Waals surface area contributed by atoms with Gasteiger partial charge in [0.25, 0.3) is 5.91 Å². The standard InChI is InChI=1S/C26H19FN6OS/c1-16-11-13-18(14-12-16)24(34)29-26-22(17-7-3-2-4-8-17)28-25(35-26)20(23-30-32-33-31-23)15-19-9-5-6-10-21(19)27/h2-15H,1H3,(H,29,34)(H,30,31,32,33). The van der Waals surface area contributed by atoms with Crippen molar-refractivity contribution in [2.24, 2.45) is 0 Å². The van der Waals surface area contributed by atoms with E-state index in [9.17, 15) is 9.18 Å². The number of nitrogens with one attached hydrogen (secondary N) is 2. The number of aromatic nitrogens is 5. The number of tetrazole rings is 1. The highest BCUT2D eigenvalue weighted by Gasteiger charge is 2.21. The van der Waals surface area contributed by atoms with Gasteiger partial charge in [-0.15, -0.1) is 10.2 Å². The van der Waals surface area contributed by atoms with Crippen LogP contribution in [0.25, 0.3) is 22.9 Å². The molecule has 0 bridgehead atoms. The van der Waals surface area contributed by atoms with E-state index in [1.807, 2.05) is 49.4 Å². The van der Waals surface area contributed by atoms with Crippen LogP contribution in [0.4, 0.5) is 9.39 Å². The zero-order valence-electron chi connectivity index (χ0n) is 18.6. The molecule has 7 nitrogen and oxygen atoms in total. The zero-order valence-corrected chi connectivity index (χ0v) is 19.4. The first kappa shape index (κ1) is 22.3. The van der Waals surface area contributed by atoms with Gasteiger partial charge in [-0.1, -0.05) is 77.6 Å². The molecule has 2 aromatic heterocycles. The van der Waals surface area contributed by atoms with Crippen molar-refractivity contribution in [1.82, 2.24) is 25.6 Å². The molecule has 0 radical (unpaired) electrons. The summed E-state index contributed by atoms with van der Waals surface area (Å²) in [4.78, 5) is 17.8. The summed E-state index contributed by atoms with van der Waals surface area (Å²) in [6.45, 7) is 1.96. The molecule has 35 heavy (non-hydrogen) atoms. The number of H-pyrrole nitrogens is 1. The Kier molecular flexibility index (Phi) is 6.23. The maximum Gasteiger partial charge on any atom is 0.256 e. The number of carbonyl (C=O) groups is 1. The molecule has 0 aliphatic heterocycles. The summed E-state index contributed by atoms with van der Waals surface area (Å²) >= 11 is 1.26. The number of aromatic amines is 1. The summed E-state index contributed by atoms with van der Waals surface area (Å²) in [7, 11) is 0. The molecule has 5 rings (SSSR count). The van der Waals surface area contributed by atoms with Crippen LogP contribution < -0.4 is 5.32 Å². The number of aryl methyl sites for hydroxylation is 1.